The van der Waals surface area contributed by atoms with Crippen LogP contribution in [-0.4, -0.2) is 35.9 Å². The van der Waals surface area contributed by atoms with E-state index in [0.29, 0.717) is 56.2 Å². The third kappa shape index (κ3) is 3.46. The third-order valence-electron chi connectivity index (χ3n) is 5.02. The topological polar surface area (TPSA) is 97.0 Å². The molecular weight excluding hydrogens is 332 g/mol. The van der Waals surface area contributed by atoms with Crippen LogP contribution in [0, 0.1) is 16.7 Å². The maximum atomic E-state index is 12.7. The Morgan fingerprint density at radius 1 is 1.35 bits per heavy atom. The number of nitrogens with zero attached hydrogens (tertiary/aromatic N) is 3. The normalized spacial score (nSPS) is 16.2. The van der Waals surface area contributed by atoms with Crippen LogP contribution in [0.1, 0.15) is 36.2 Å². The minimum absolute atomic E-state index is 0.216. The molecule has 0 saturated carbocycles. The molecule has 0 bridgehead atoms. The van der Waals surface area contributed by atoms with Gasteiger partial charge in [-0.05, 0) is 31.7 Å². The molecular formula is C19H22N4O3. The number of carbonyl (C=O) groups excluding carboxylic acids is 1. The molecule has 26 heavy (non-hydrogen) atoms. The Balaban J connectivity index is 1.86. The average molecular weight is 354 g/mol. The maximum absolute atomic E-state index is 12.7. The lowest BCUT2D eigenvalue weighted by Crippen LogP contribution is -2.31. The second-order valence-electron chi connectivity index (χ2n) is 6.61. The van der Waals surface area contributed by atoms with Gasteiger partial charge in [-0.3, -0.25) is 9.59 Å². The highest BCUT2D eigenvalue weighted by Crippen LogP contribution is 2.34. The number of ether oxygens (including phenoxy) is 1. The van der Waals surface area contributed by atoms with E-state index in [9.17, 15) is 14.9 Å². The molecule has 1 aromatic heterocycles. The van der Waals surface area contributed by atoms with Crippen LogP contribution in [-0.2, 0) is 11.3 Å². The Morgan fingerprint density at radius 2 is 2.04 bits per heavy atom. The number of rotatable bonds is 5. The number of hydrogen-bond donors (Lipinski definition) is 1. The van der Waals surface area contributed by atoms with Crippen molar-refractivity contribution in [2.75, 3.05) is 20.3 Å². The van der Waals surface area contributed by atoms with E-state index in [1.54, 1.807) is 24.3 Å². The van der Waals surface area contributed by atoms with Crippen molar-refractivity contribution in [3.8, 4) is 6.07 Å². The number of benzene rings is 1. The molecule has 0 unspecified atom stereocenters. The maximum Gasteiger partial charge on any atom is 0.274 e. The first-order valence-electron chi connectivity index (χ1n) is 8.81. The summed E-state index contributed by atoms with van der Waals surface area (Å²) in [7, 11) is 1.54. The van der Waals surface area contributed by atoms with Crippen molar-refractivity contribution in [3.05, 3.63) is 40.3 Å². The van der Waals surface area contributed by atoms with Gasteiger partial charge in [-0.1, -0.05) is 18.2 Å². The van der Waals surface area contributed by atoms with Crippen LogP contribution in [0.2, 0.25) is 0 Å². The number of amides is 1. The molecule has 1 aromatic carbocycles. The van der Waals surface area contributed by atoms with Crippen molar-refractivity contribution in [2.45, 2.75) is 32.2 Å². The number of aromatic nitrogens is 2. The van der Waals surface area contributed by atoms with Crippen LogP contribution in [0.4, 0.5) is 0 Å². The number of fused-ring (bicyclic) bond motifs is 1. The summed E-state index contributed by atoms with van der Waals surface area (Å²) in [6.45, 7) is 1.57. The van der Waals surface area contributed by atoms with Crippen molar-refractivity contribution >= 4 is 16.7 Å². The Labute approximate surface area is 151 Å². The van der Waals surface area contributed by atoms with Gasteiger partial charge in [0.25, 0.3) is 11.5 Å². The van der Waals surface area contributed by atoms with Gasteiger partial charge in [-0.2, -0.15) is 10.4 Å². The van der Waals surface area contributed by atoms with Gasteiger partial charge < -0.3 is 10.1 Å². The quantitative estimate of drug-likeness (QED) is 0.884. The second kappa shape index (κ2) is 7.67. The van der Waals surface area contributed by atoms with E-state index in [2.05, 4.69) is 16.5 Å². The van der Waals surface area contributed by atoms with Crippen LogP contribution < -0.4 is 10.9 Å². The molecule has 2 heterocycles. The fourth-order valence-electron chi connectivity index (χ4n) is 3.42. The minimum Gasteiger partial charge on any atom is -0.381 e. The molecule has 1 amide bonds. The first kappa shape index (κ1) is 18.1. The largest absolute Gasteiger partial charge is 0.381 e. The first-order chi connectivity index (χ1) is 12.6. The number of carbonyl (C=O) groups is 1. The van der Waals surface area contributed by atoms with Crippen molar-refractivity contribution < 1.29 is 9.53 Å². The molecule has 1 aliphatic heterocycles. The van der Waals surface area contributed by atoms with E-state index in [-0.39, 0.29) is 22.6 Å². The Kier molecular flexibility index (Phi) is 5.33. The number of nitrogens with one attached hydrogen (secondary N) is 1. The molecule has 1 fully saturated rings. The molecule has 2 aromatic rings. The summed E-state index contributed by atoms with van der Waals surface area (Å²) < 4.78 is 6.69. The lowest BCUT2D eigenvalue weighted by atomic mass is 9.78. The van der Waals surface area contributed by atoms with Crippen LogP contribution in [0.25, 0.3) is 10.8 Å². The summed E-state index contributed by atoms with van der Waals surface area (Å²) in [6, 6.07) is 9.42. The van der Waals surface area contributed by atoms with Gasteiger partial charge in [0.05, 0.1) is 16.9 Å². The van der Waals surface area contributed by atoms with Crippen LogP contribution in [0.5, 0.6) is 0 Å². The van der Waals surface area contributed by atoms with Crippen molar-refractivity contribution in [2.24, 2.45) is 5.41 Å². The van der Waals surface area contributed by atoms with E-state index < -0.39 is 0 Å². The zero-order valence-electron chi connectivity index (χ0n) is 14.8. The van der Waals surface area contributed by atoms with Gasteiger partial charge >= 0.3 is 0 Å². The molecule has 3 rings (SSSR count). The predicted octanol–water partition coefficient (Wildman–Crippen LogP) is 1.86. The van der Waals surface area contributed by atoms with Gasteiger partial charge in [0.2, 0.25) is 0 Å². The van der Waals surface area contributed by atoms with E-state index in [1.807, 2.05) is 0 Å². The summed E-state index contributed by atoms with van der Waals surface area (Å²) >= 11 is 0. The van der Waals surface area contributed by atoms with E-state index in [0.717, 1.165) is 0 Å². The SMILES string of the molecule is CNC(=O)c1nn(CCCC2(C#N)CCOCC2)c(=O)c2ccccc12. The van der Waals surface area contributed by atoms with Gasteiger partial charge in [-0.15, -0.1) is 0 Å². The van der Waals surface area contributed by atoms with E-state index in [1.165, 1.54) is 11.7 Å². The van der Waals surface area contributed by atoms with Crippen LogP contribution >= 0.6 is 0 Å². The molecule has 1 aliphatic rings. The fraction of sp³-hybridized carbons (Fsp3) is 0.474. The first-order valence-corrected chi connectivity index (χ1v) is 8.81. The fourth-order valence-corrected chi connectivity index (χ4v) is 3.42. The monoisotopic (exact) mass is 354 g/mol. The Morgan fingerprint density at radius 3 is 2.69 bits per heavy atom. The Hall–Kier alpha value is -2.72. The van der Waals surface area contributed by atoms with Crippen molar-refractivity contribution in [3.63, 3.8) is 0 Å². The standard InChI is InChI=1S/C19H22N4O3/c1-21-17(24)16-14-5-2-3-6-15(14)18(25)23(22-16)10-4-7-19(13-20)8-11-26-12-9-19/h2-3,5-6H,4,7-12H2,1H3,(H,21,24). The number of hydrogen-bond acceptors (Lipinski definition) is 5. The predicted molar refractivity (Wildman–Crippen MR) is 96.7 cm³/mol. The lowest BCUT2D eigenvalue weighted by Gasteiger charge is -2.30. The molecule has 136 valence electrons. The number of nitriles is 1. The van der Waals surface area contributed by atoms with E-state index >= 15 is 0 Å². The summed E-state index contributed by atoms with van der Waals surface area (Å²) in [5.74, 6) is -0.326. The molecule has 1 saturated heterocycles. The molecule has 7 nitrogen and oxygen atoms in total. The highest BCUT2D eigenvalue weighted by molar-refractivity contribution is 6.04. The van der Waals surface area contributed by atoms with Crippen LogP contribution in [0.15, 0.2) is 29.1 Å². The van der Waals surface area contributed by atoms with Gasteiger partial charge in [0.15, 0.2) is 5.69 Å². The second-order valence-corrected chi connectivity index (χ2v) is 6.61. The summed E-state index contributed by atoms with van der Waals surface area (Å²) in [5, 5.41) is 17.4. The number of aryl methyl sites for hydroxylation is 1. The van der Waals surface area contributed by atoms with Gasteiger partial charge in [-0.25, -0.2) is 4.68 Å². The zero-order chi connectivity index (χ0) is 18.6. The Bertz CT molecular complexity index is 907. The van der Waals surface area contributed by atoms with Crippen molar-refractivity contribution in [1.29, 1.82) is 5.26 Å². The van der Waals surface area contributed by atoms with E-state index in [4.69, 9.17) is 4.74 Å². The summed E-state index contributed by atoms with van der Waals surface area (Å²) in [5.41, 5.74) is -0.363. The molecule has 1 N–H and O–H groups in total. The highest BCUT2D eigenvalue weighted by atomic mass is 16.5. The van der Waals surface area contributed by atoms with Gasteiger partial charge in [0, 0.05) is 32.2 Å². The average Bonchev–Trinajstić information content (AvgIpc) is 2.70. The van der Waals surface area contributed by atoms with Crippen LogP contribution in [0.3, 0.4) is 0 Å². The molecule has 0 aliphatic carbocycles. The lowest BCUT2D eigenvalue weighted by molar-refractivity contribution is 0.0355. The molecule has 7 heteroatoms. The van der Waals surface area contributed by atoms with Gasteiger partial charge in [0.1, 0.15) is 0 Å². The minimum atomic E-state index is -0.387. The summed E-state index contributed by atoms with van der Waals surface area (Å²) in [6.07, 6.45) is 2.76. The molecule has 0 radical (unpaired) electrons. The molecule has 0 spiro atoms. The smallest absolute Gasteiger partial charge is 0.274 e. The molecule has 0 atom stereocenters. The highest BCUT2D eigenvalue weighted by Gasteiger charge is 2.32. The van der Waals surface area contributed by atoms with Crippen molar-refractivity contribution in [1.82, 2.24) is 15.1 Å². The summed E-state index contributed by atoms with van der Waals surface area (Å²) in [4.78, 5) is 24.9. The zero-order valence-corrected chi connectivity index (χ0v) is 14.8. The third-order valence-corrected chi connectivity index (χ3v) is 5.02.